The summed E-state index contributed by atoms with van der Waals surface area (Å²) in [6.45, 7) is -1.51. The SMILES string of the molecule is O=C(NC(CO)(CO)CO)C1(c2ccccc2)CC1. The summed E-state index contributed by atoms with van der Waals surface area (Å²) < 4.78 is 0. The number of hydrogen-bond acceptors (Lipinski definition) is 4. The summed E-state index contributed by atoms with van der Waals surface area (Å²) in [5, 5.41) is 30.3. The van der Waals surface area contributed by atoms with Gasteiger partial charge in [0.15, 0.2) is 0 Å². The first kappa shape index (κ1) is 14.0. The summed E-state index contributed by atoms with van der Waals surface area (Å²) in [5.74, 6) is -0.254. The molecule has 0 bridgehead atoms. The predicted molar refractivity (Wildman–Crippen MR) is 69.5 cm³/mol. The number of rotatable bonds is 6. The standard InChI is InChI=1S/C14H19NO4/c16-8-13(9-17,10-18)15-12(19)14(6-7-14)11-4-2-1-3-5-11/h1-5,16-18H,6-10H2,(H,15,19). The van der Waals surface area contributed by atoms with Crippen LogP contribution < -0.4 is 5.32 Å². The van der Waals surface area contributed by atoms with Gasteiger partial charge >= 0.3 is 0 Å². The van der Waals surface area contributed by atoms with Crippen LogP contribution in [0.4, 0.5) is 0 Å². The number of aliphatic hydroxyl groups is 3. The normalized spacial score (nSPS) is 17.0. The molecule has 2 rings (SSSR count). The van der Waals surface area contributed by atoms with E-state index in [2.05, 4.69) is 5.32 Å². The zero-order chi connectivity index (χ0) is 13.9. The van der Waals surface area contributed by atoms with E-state index < -0.39 is 30.8 Å². The largest absolute Gasteiger partial charge is 0.394 e. The van der Waals surface area contributed by atoms with Gasteiger partial charge in [-0.25, -0.2) is 0 Å². The van der Waals surface area contributed by atoms with E-state index in [1.165, 1.54) is 0 Å². The van der Waals surface area contributed by atoms with Gasteiger partial charge in [0, 0.05) is 0 Å². The van der Waals surface area contributed by atoms with Crippen LogP contribution in [-0.4, -0.2) is 46.6 Å². The van der Waals surface area contributed by atoms with E-state index >= 15 is 0 Å². The number of hydrogen-bond donors (Lipinski definition) is 4. The second-order valence-electron chi connectivity index (χ2n) is 5.16. The first-order valence-electron chi connectivity index (χ1n) is 6.33. The fourth-order valence-corrected chi connectivity index (χ4v) is 2.16. The highest BCUT2D eigenvalue weighted by Crippen LogP contribution is 2.48. The van der Waals surface area contributed by atoms with E-state index in [1.54, 1.807) is 0 Å². The monoisotopic (exact) mass is 265 g/mol. The first-order chi connectivity index (χ1) is 9.12. The molecule has 0 spiro atoms. The number of carbonyl (C=O) groups is 1. The molecule has 1 aliphatic carbocycles. The van der Waals surface area contributed by atoms with Crippen molar-refractivity contribution in [3.8, 4) is 0 Å². The smallest absolute Gasteiger partial charge is 0.231 e. The van der Waals surface area contributed by atoms with E-state index in [9.17, 15) is 20.1 Å². The Kier molecular flexibility index (Phi) is 3.89. The van der Waals surface area contributed by atoms with E-state index in [1.807, 2.05) is 30.3 Å². The van der Waals surface area contributed by atoms with Gasteiger partial charge in [0.2, 0.25) is 5.91 Å². The molecule has 1 aromatic carbocycles. The molecule has 0 unspecified atom stereocenters. The summed E-state index contributed by atoms with van der Waals surface area (Å²) in [6.07, 6.45) is 1.47. The molecule has 104 valence electrons. The molecule has 1 aromatic rings. The second kappa shape index (κ2) is 5.28. The Morgan fingerprint density at radius 2 is 1.63 bits per heavy atom. The maximum absolute atomic E-state index is 12.4. The van der Waals surface area contributed by atoms with Crippen molar-refractivity contribution in [3.63, 3.8) is 0 Å². The van der Waals surface area contributed by atoms with Gasteiger partial charge in [-0.1, -0.05) is 30.3 Å². The molecule has 19 heavy (non-hydrogen) atoms. The third-order valence-corrected chi connectivity index (χ3v) is 3.80. The van der Waals surface area contributed by atoms with Crippen molar-refractivity contribution in [1.29, 1.82) is 0 Å². The zero-order valence-corrected chi connectivity index (χ0v) is 10.7. The highest BCUT2D eigenvalue weighted by atomic mass is 16.3. The number of benzene rings is 1. The average Bonchev–Trinajstić information content (AvgIpc) is 3.27. The first-order valence-corrected chi connectivity index (χ1v) is 6.33. The summed E-state index contributed by atoms with van der Waals surface area (Å²) in [5.41, 5.74) is -1.01. The Morgan fingerprint density at radius 1 is 1.11 bits per heavy atom. The Labute approximate surface area is 111 Å². The number of aliphatic hydroxyl groups excluding tert-OH is 3. The summed E-state index contributed by atoms with van der Waals surface area (Å²) >= 11 is 0. The van der Waals surface area contributed by atoms with Gasteiger partial charge in [-0.05, 0) is 18.4 Å². The van der Waals surface area contributed by atoms with Gasteiger partial charge in [0.05, 0.1) is 25.2 Å². The molecular weight excluding hydrogens is 246 g/mol. The molecule has 0 atom stereocenters. The van der Waals surface area contributed by atoms with Gasteiger partial charge < -0.3 is 20.6 Å². The van der Waals surface area contributed by atoms with Crippen LogP contribution >= 0.6 is 0 Å². The van der Waals surface area contributed by atoms with Crippen molar-refractivity contribution in [2.75, 3.05) is 19.8 Å². The third-order valence-electron chi connectivity index (χ3n) is 3.80. The summed E-state index contributed by atoms with van der Waals surface area (Å²) in [6, 6.07) is 9.42. The maximum atomic E-state index is 12.4. The number of amides is 1. The Morgan fingerprint density at radius 3 is 2.05 bits per heavy atom. The molecule has 0 radical (unpaired) electrons. The predicted octanol–water partition coefficient (Wildman–Crippen LogP) is -0.450. The molecule has 0 heterocycles. The quantitative estimate of drug-likeness (QED) is 0.561. The van der Waals surface area contributed by atoms with E-state index in [4.69, 9.17) is 0 Å². The molecule has 5 nitrogen and oxygen atoms in total. The van der Waals surface area contributed by atoms with Crippen LogP contribution in [0.3, 0.4) is 0 Å². The molecule has 1 amide bonds. The lowest BCUT2D eigenvalue weighted by Gasteiger charge is -2.31. The summed E-state index contributed by atoms with van der Waals surface area (Å²) in [7, 11) is 0. The maximum Gasteiger partial charge on any atom is 0.231 e. The van der Waals surface area contributed by atoms with Crippen LogP contribution in [0.25, 0.3) is 0 Å². The number of carbonyl (C=O) groups excluding carboxylic acids is 1. The molecule has 0 saturated heterocycles. The van der Waals surface area contributed by atoms with Gasteiger partial charge in [-0.3, -0.25) is 4.79 Å². The van der Waals surface area contributed by atoms with Crippen LogP contribution in [-0.2, 0) is 10.2 Å². The number of nitrogens with one attached hydrogen (secondary N) is 1. The molecule has 5 heteroatoms. The molecule has 0 aromatic heterocycles. The van der Waals surface area contributed by atoms with Gasteiger partial charge in [0.25, 0.3) is 0 Å². The highest BCUT2D eigenvalue weighted by molar-refractivity contribution is 5.91. The van der Waals surface area contributed by atoms with Crippen molar-refractivity contribution in [2.24, 2.45) is 0 Å². The highest BCUT2D eigenvalue weighted by Gasteiger charge is 2.52. The lowest BCUT2D eigenvalue weighted by molar-refractivity contribution is -0.128. The minimum absolute atomic E-state index is 0.254. The van der Waals surface area contributed by atoms with Crippen molar-refractivity contribution < 1.29 is 20.1 Å². The van der Waals surface area contributed by atoms with Crippen molar-refractivity contribution in [2.45, 2.75) is 23.8 Å². The van der Waals surface area contributed by atoms with Crippen LogP contribution in [0.1, 0.15) is 18.4 Å². The van der Waals surface area contributed by atoms with Crippen LogP contribution in [0.5, 0.6) is 0 Å². The minimum atomic E-state index is -1.36. The topological polar surface area (TPSA) is 89.8 Å². The summed E-state index contributed by atoms with van der Waals surface area (Å²) in [4.78, 5) is 12.4. The Bertz CT molecular complexity index is 430. The molecule has 1 aliphatic rings. The Hall–Kier alpha value is -1.43. The molecule has 1 saturated carbocycles. The van der Waals surface area contributed by atoms with Gasteiger partial charge in [-0.15, -0.1) is 0 Å². The van der Waals surface area contributed by atoms with Crippen molar-refractivity contribution >= 4 is 5.91 Å². The van der Waals surface area contributed by atoms with E-state index in [0.29, 0.717) is 0 Å². The fourth-order valence-electron chi connectivity index (χ4n) is 2.16. The van der Waals surface area contributed by atoms with E-state index in [-0.39, 0.29) is 5.91 Å². The average molecular weight is 265 g/mol. The van der Waals surface area contributed by atoms with E-state index in [0.717, 1.165) is 18.4 Å². The third kappa shape index (κ3) is 2.49. The lowest BCUT2D eigenvalue weighted by atomic mass is 9.93. The fraction of sp³-hybridized carbons (Fsp3) is 0.500. The van der Waals surface area contributed by atoms with Crippen LogP contribution in [0.2, 0.25) is 0 Å². The van der Waals surface area contributed by atoms with Gasteiger partial charge in [-0.2, -0.15) is 0 Å². The molecule has 0 aliphatic heterocycles. The molecule has 1 fully saturated rings. The molecule has 4 N–H and O–H groups in total. The van der Waals surface area contributed by atoms with Crippen molar-refractivity contribution in [3.05, 3.63) is 35.9 Å². The zero-order valence-electron chi connectivity index (χ0n) is 10.7. The Balaban J connectivity index is 2.17. The van der Waals surface area contributed by atoms with Gasteiger partial charge in [0.1, 0.15) is 5.54 Å². The van der Waals surface area contributed by atoms with Crippen LogP contribution in [0, 0.1) is 0 Å². The van der Waals surface area contributed by atoms with Crippen LogP contribution in [0.15, 0.2) is 30.3 Å². The second-order valence-corrected chi connectivity index (χ2v) is 5.16. The van der Waals surface area contributed by atoms with Crippen molar-refractivity contribution in [1.82, 2.24) is 5.32 Å². The minimum Gasteiger partial charge on any atom is -0.394 e. The molecular formula is C14H19NO4. The lowest BCUT2D eigenvalue weighted by Crippen LogP contribution is -2.59.